The molecule has 21 heavy (non-hydrogen) atoms. The molecule has 0 saturated heterocycles. The average molecular weight is 285 g/mol. The van der Waals surface area contributed by atoms with E-state index in [1.807, 2.05) is 6.07 Å². The molecule has 0 aliphatic heterocycles. The lowest BCUT2D eigenvalue weighted by Crippen LogP contribution is -2.43. The van der Waals surface area contributed by atoms with Crippen LogP contribution in [0, 0.1) is 0 Å². The molecule has 2 rings (SSSR count). The highest BCUT2D eigenvalue weighted by atomic mass is 16.3. The minimum Gasteiger partial charge on any atom is -0.463 e. The molecule has 6 heteroatoms. The Labute approximate surface area is 121 Å². The predicted molar refractivity (Wildman–Crippen MR) is 77.8 cm³/mol. The van der Waals surface area contributed by atoms with Crippen molar-refractivity contribution in [2.75, 3.05) is 0 Å². The Kier molecular flexibility index (Phi) is 4.87. The van der Waals surface area contributed by atoms with E-state index < -0.39 is 11.9 Å². The van der Waals surface area contributed by atoms with Crippen molar-refractivity contribution in [3.8, 4) is 0 Å². The number of furan rings is 1. The molecule has 2 aromatic rings. The number of benzene rings is 1. The zero-order chi connectivity index (χ0) is 15.1. The topological polar surface area (TPSA) is 83.7 Å². The standard InChI is InChI=1S/C15H15N3O3/c1-11(17-15(20)12-6-3-2-4-7-12)14(19)18-16-10-13-8-5-9-21-13/h2-11H,1H3,(H,17,20)(H,18,19). The van der Waals surface area contributed by atoms with Crippen LogP contribution < -0.4 is 10.7 Å². The van der Waals surface area contributed by atoms with Crippen LogP contribution in [0.4, 0.5) is 0 Å². The van der Waals surface area contributed by atoms with Gasteiger partial charge in [-0.25, -0.2) is 5.43 Å². The van der Waals surface area contributed by atoms with Crippen molar-refractivity contribution < 1.29 is 14.0 Å². The number of nitrogens with one attached hydrogen (secondary N) is 2. The zero-order valence-corrected chi connectivity index (χ0v) is 11.4. The summed E-state index contributed by atoms with van der Waals surface area (Å²) in [6.07, 6.45) is 2.88. The van der Waals surface area contributed by atoms with E-state index in [-0.39, 0.29) is 5.91 Å². The van der Waals surface area contributed by atoms with Gasteiger partial charge in [0.05, 0.1) is 12.5 Å². The maximum absolute atomic E-state index is 11.9. The number of rotatable bonds is 5. The highest BCUT2D eigenvalue weighted by molar-refractivity contribution is 5.97. The zero-order valence-electron chi connectivity index (χ0n) is 11.4. The summed E-state index contributed by atoms with van der Waals surface area (Å²) in [5.74, 6) is -0.202. The highest BCUT2D eigenvalue weighted by Gasteiger charge is 2.15. The van der Waals surface area contributed by atoms with Gasteiger partial charge in [-0.3, -0.25) is 9.59 Å². The minimum absolute atomic E-state index is 0.312. The van der Waals surface area contributed by atoms with E-state index in [4.69, 9.17) is 4.42 Å². The van der Waals surface area contributed by atoms with Gasteiger partial charge in [-0.1, -0.05) is 18.2 Å². The molecule has 1 aromatic carbocycles. The second-order valence-electron chi connectivity index (χ2n) is 4.31. The largest absolute Gasteiger partial charge is 0.463 e. The van der Waals surface area contributed by atoms with Gasteiger partial charge in [-0.2, -0.15) is 5.10 Å². The first kappa shape index (κ1) is 14.5. The Bertz CT molecular complexity index is 621. The number of amides is 2. The number of hydrogen-bond acceptors (Lipinski definition) is 4. The fraction of sp³-hybridized carbons (Fsp3) is 0.133. The molecule has 0 saturated carbocycles. The quantitative estimate of drug-likeness (QED) is 0.645. The molecule has 0 spiro atoms. The van der Waals surface area contributed by atoms with Crippen LogP contribution in [0.25, 0.3) is 0 Å². The van der Waals surface area contributed by atoms with E-state index in [9.17, 15) is 9.59 Å². The molecule has 0 aliphatic rings. The SMILES string of the molecule is CC(NC(=O)c1ccccc1)C(=O)NN=Cc1ccco1. The molecule has 108 valence electrons. The summed E-state index contributed by atoms with van der Waals surface area (Å²) in [7, 11) is 0. The van der Waals surface area contributed by atoms with Gasteiger partial charge < -0.3 is 9.73 Å². The Hall–Kier alpha value is -2.89. The first-order chi connectivity index (χ1) is 10.2. The van der Waals surface area contributed by atoms with Crippen molar-refractivity contribution in [2.24, 2.45) is 5.10 Å². The van der Waals surface area contributed by atoms with Crippen LogP contribution in [0.5, 0.6) is 0 Å². The van der Waals surface area contributed by atoms with E-state index in [0.717, 1.165) is 0 Å². The predicted octanol–water partition coefficient (Wildman–Crippen LogP) is 1.55. The minimum atomic E-state index is -0.702. The lowest BCUT2D eigenvalue weighted by atomic mass is 10.2. The van der Waals surface area contributed by atoms with Gasteiger partial charge in [0.15, 0.2) is 0 Å². The number of carbonyl (C=O) groups excluding carboxylic acids is 2. The van der Waals surface area contributed by atoms with Crippen LogP contribution >= 0.6 is 0 Å². The number of hydrogen-bond donors (Lipinski definition) is 2. The van der Waals surface area contributed by atoms with Crippen molar-refractivity contribution >= 4 is 18.0 Å². The molecule has 1 aromatic heterocycles. The van der Waals surface area contributed by atoms with E-state index in [1.54, 1.807) is 43.3 Å². The fourth-order valence-corrected chi connectivity index (χ4v) is 1.56. The van der Waals surface area contributed by atoms with Gasteiger partial charge in [0.25, 0.3) is 11.8 Å². The summed E-state index contributed by atoms with van der Waals surface area (Å²) in [5.41, 5.74) is 2.83. The third kappa shape index (κ3) is 4.31. The van der Waals surface area contributed by atoms with Crippen LogP contribution in [0.3, 0.4) is 0 Å². The molecule has 2 amide bonds. The molecule has 0 fully saturated rings. The van der Waals surface area contributed by atoms with Gasteiger partial charge in [0.2, 0.25) is 0 Å². The maximum atomic E-state index is 11.9. The average Bonchev–Trinajstić information content (AvgIpc) is 3.01. The summed E-state index contributed by atoms with van der Waals surface area (Å²) in [6.45, 7) is 1.58. The van der Waals surface area contributed by atoms with E-state index >= 15 is 0 Å². The third-order valence-corrected chi connectivity index (χ3v) is 2.69. The lowest BCUT2D eigenvalue weighted by molar-refractivity contribution is -0.122. The summed E-state index contributed by atoms with van der Waals surface area (Å²) in [5, 5.41) is 6.34. The summed E-state index contributed by atoms with van der Waals surface area (Å²) in [6, 6.07) is 11.4. The molecule has 0 radical (unpaired) electrons. The Morgan fingerprint density at radius 3 is 2.62 bits per heavy atom. The monoisotopic (exact) mass is 285 g/mol. The smallest absolute Gasteiger partial charge is 0.262 e. The van der Waals surface area contributed by atoms with Crippen LogP contribution in [0.2, 0.25) is 0 Å². The van der Waals surface area contributed by atoms with Gasteiger partial charge in [-0.05, 0) is 31.2 Å². The lowest BCUT2D eigenvalue weighted by Gasteiger charge is -2.11. The van der Waals surface area contributed by atoms with Crippen molar-refractivity contribution in [3.63, 3.8) is 0 Å². The molecular formula is C15H15N3O3. The van der Waals surface area contributed by atoms with Crippen LogP contribution in [-0.4, -0.2) is 24.1 Å². The first-order valence-electron chi connectivity index (χ1n) is 6.39. The molecule has 6 nitrogen and oxygen atoms in total. The molecule has 0 aliphatic carbocycles. The Morgan fingerprint density at radius 2 is 1.95 bits per heavy atom. The van der Waals surface area contributed by atoms with Gasteiger partial charge in [0, 0.05) is 5.56 Å². The summed E-state index contributed by atoms with van der Waals surface area (Å²) < 4.78 is 5.03. The molecule has 1 heterocycles. The van der Waals surface area contributed by atoms with E-state index in [0.29, 0.717) is 11.3 Å². The number of hydrazone groups is 1. The van der Waals surface area contributed by atoms with Crippen LogP contribution in [0.15, 0.2) is 58.2 Å². The van der Waals surface area contributed by atoms with E-state index in [2.05, 4.69) is 15.8 Å². The van der Waals surface area contributed by atoms with Crippen LogP contribution in [0.1, 0.15) is 23.0 Å². The second kappa shape index (κ2) is 7.04. The second-order valence-corrected chi connectivity index (χ2v) is 4.31. The van der Waals surface area contributed by atoms with Gasteiger partial charge in [-0.15, -0.1) is 0 Å². The van der Waals surface area contributed by atoms with Gasteiger partial charge in [0.1, 0.15) is 11.8 Å². The highest BCUT2D eigenvalue weighted by Crippen LogP contribution is 1.99. The van der Waals surface area contributed by atoms with E-state index in [1.165, 1.54) is 12.5 Å². The van der Waals surface area contributed by atoms with Crippen molar-refractivity contribution in [1.29, 1.82) is 0 Å². The molecule has 1 atom stereocenters. The third-order valence-electron chi connectivity index (χ3n) is 2.69. The van der Waals surface area contributed by atoms with Crippen molar-refractivity contribution in [1.82, 2.24) is 10.7 Å². The van der Waals surface area contributed by atoms with Crippen molar-refractivity contribution in [3.05, 3.63) is 60.1 Å². The molecule has 0 bridgehead atoms. The normalized spacial score (nSPS) is 12.0. The number of nitrogens with zero attached hydrogens (tertiary/aromatic N) is 1. The Morgan fingerprint density at radius 1 is 1.19 bits per heavy atom. The summed E-state index contributed by atoms with van der Waals surface area (Å²) >= 11 is 0. The van der Waals surface area contributed by atoms with Gasteiger partial charge >= 0.3 is 0 Å². The summed E-state index contributed by atoms with van der Waals surface area (Å²) in [4.78, 5) is 23.6. The fourth-order valence-electron chi connectivity index (χ4n) is 1.56. The molecule has 1 unspecified atom stereocenters. The molecular weight excluding hydrogens is 270 g/mol. The first-order valence-corrected chi connectivity index (χ1v) is 6.39. The van der Waals surface area contributed by atoms with Crippen LogP contribution in [-0.2, 0) is 4.79 Å². The maximum Gasteiger partial charge on any atom is 0.262 e. The molecule has 2 N–H and O–H groups in total. The number of carbonyl (C=O) groups is 2. The van der Waals surface area contributed by atoms with Crippen molar-refractivity contribution in [2.45, 2.75) is 13.0 Å². The Balaban J connectivity index is 1.84.